The second-order valence-electron chi connectivity index (χ2n) is 6.69. The fourth-order valence-electron chi connectivity index (χ4n) is 2.44. The van der Waals surface area contributed by atoms with Gasteiger partial charge in [-0.3, -0.25) is 24.1 Å². The third-order valence-corrected chi connectivity index (χ3v) is 4.47. The third kappa shape index (κ3) is 13.1. The van der Waals surface area contributed by atoms with Crippen molar-refractivity contribution in [1.29, 1.82) is 0 Å². The Hall–Kier alpha value is -2.41. The van der Waals surface area contributed by atoms with E-state index in [2.05, 4.69) is 0 Å². The first-order valence-electron chi connectivity index (χ1n) is 9.75. The molecule has 1 N–H and O–H groups in total. The van der Waals surface area contributed by atoms with Crippen molar-refractivity contribution >= 4 is 40.9 Å². The summed E-state index contributed by atoms with van der Waals surface area (Å²) in [5.74, 6) is -2.04. The molecular formula is C19H30FNO10S. The standard InChI is InChI=1S/C17H26FNO8S.C2H4O2/c1-5-6-19(9-28-12(4)22)17(23)27-16-15(18)14(25-11(3)21)7-13(26-16)8-24-10(2)20;1-2(3)4/h13-16H,5-9H2,1-4H3;1H3,(H,3,4)/t13-,14-,15+,16-;/m0./s1. The number of carboxylic acids is 1. The topological polar surface area (TPSA) is 146 Å². The smallest absolute Gasteiger partial charge is 0.412 e. The molecule has 184 valence electrons. The van der Waals surface area contributed by atoms with Crippen LogP contribution in [0.2, 0.25) is 0 Å². The highest BCUT2D eigenvalue weighted by Crippen LogP contribution is 2.27. The van der Waals surface area contributed by atoms with Crippen LogP contribution >= 0.6 is 11.8 Å². The normalized spacial score (nSPS) is 21.9. The molecular weight excluding hydrogens is 453 g/mol. The molecule has 1 amide bonds. The summed E-state index contributed by atoms with van der Waals surface area (Å²) in [6.45, 7) is 6.72. The minimum absolute atomic E-state index is 0.0515. The molecule has 0 saturated carbocycles. The summed E-state index contributed by atoms with van der Waals surface area (Å²) < 4.78 is 35.0. The average Bonchev–Trinajstić information content (AvgIpc) is 2.65. The van der Waals surface area contributed by atoms with Gasteiger partial charge in [0.15, 0.2) is 11.3 Å². The second-order valence-corrected chi connectivity index (χ2v) is 7.81. The fourth-order valence-corrected chi connectivity index (χ4v) is 3.01. The van der Waals surface area contributed by atoms with Crippen molar-refractivity contribution in [2.45, 2.75) is 72.1 Å². The van der Waals surface area contributed by atoms with Gasteiger partial charge in [-0.05, 0) is 6.42 Å². The third-order valence-electron chi connectivity index (χ3n) is 3.62. The van der Waals surface area contributed by atoms with Crippen LogP contribution in [0.15, 0.2) is 0 Å². The van der Waals surface area contributed by atoms with Crippen LogP contribution < -0.4 is 0 Å². The lowest BCUT2D eigenvalue weighted by Crippen LogP contribution is -2.52. The van der Waals surface area contributed by atoms with Gasteiger partial charge in [0.05, 0.1) is 12.0 Å². The van der Waals surface area contributed by atoms with Crippen LogP contribution in [0.25, 0.3) is 0 Å². The van der Waals surface area contributed by atoms with E-state index in [0.29, 0.717) is 13.0 Å². The number of hydrogen-bond acceptors (Lipinski definition) is 10. The molecule has 4 atom stereocenters. The number of esters is 2. The molecule has 0 bridgehead atoms. The van der Waals surface area contributed by atoms with Crippen LogP contribution in [0.1, 0.15) is 47.5 Å². The summed E-state index contributed by atoms with van der Waals surface area (Å²) in [5, 5.41) is 7.24. The molecule has 0 aromatic carbocycles. The number of hydrogen-bond donors (Lipinski definition) is 1. The molecule has 0 aliphatic carbocycles. The second kappa shape index (κ2) is 15.4. The van der Waals surface area contributed by atoms with E-state index in [9.17, 15) is 23.6 Å². The Morgan fingerprint density at radius 3 is 2.16 bits per heavy atom. The predicted molar refractivity (Wildman–Crippen MR) is 110 cm³/mol. The molecule has 1 fully saturated rings. The molecule has 0 spiro atoms. The zero-order chi connectivity index (χ0) is 24.8. The molecule has 0 radical (unpaired) electrons. The van der Waals surface area contributed by atoms with Gasteiger partial charge in [0.2, 0.25) is 6.29 Å². The minimum Gasteiger partial charge on any atom is -0.481 e. The molecule has 0 unspecified atom stereocenters. The van der Waals surface area contributed by atoms with Crippen LogP contribution in [-0.4, -0.2) is 82.8 Å². The van der Waals surface area contributed by atoms with Crippen molar-refractivity contribution in [1.82, 2.24) is 4.90 Å². The number of alkyl halides is 1. The number of rotatable bonds is 8. The Labute approximate surface area is 189 Å². The van der Waals surface area contributed by atoms with E-state index >= 15 is 0 Å². The van der Waals surface area contributed by atoms with Crippen molar-refractivity contribution in [2.75, 3.05) is 19.0 Å². The lowest BCUT2D eigenvalue weighted by atomic mass is 10.0. The predicted octanol–water partition coefficient (Wildman–Crippen LogP) is 2.11. The first kappa shape index (κ1) is 29.6. The van der Waals surface area contributed by atoms with Gasteiger partial charge in [0.25, 0.3) is 5.97 Å². The van der Waals surface area contributed by atoms with E-state index in [4.69, 9.17) is 28.8 Å². The Kier molecular flexibility index (Phi) is 14.2. The molecule has 13 heteroatoms. The molecule has 0 aromatic heterocycles. The fraction of sp³-hybridized carbons (Fsp3) is 0.737. The van der Waals surface area contributed by atoms with Crippen molar-refractivity contribution in [2.24, 2.45) is 0 Å². The number of amides is 1. The van der Waals surface area contributed by atoms with Gasteiger partial charge < -0.3 is 24.1 Å². The number of ether oxygens (including phenoxy) is 4. The molecule has 1 heterocycles. The Bertz CT molecular complexity index is 658. The first-order valence-corrected chi connectivity index (χ1v) is 10.7. The van der Waals surface area contributed by atoms with Crippen molar-refractivity contribution in [3.05, 3.63) is 0 Å². The number of carboxylic acid groups (broad SMARTS) is 1. The van der Waals surface area contributed by atoms with Gasteiger partial charge >= 0.3 is 18.0 Å². The van der Waals surface area contributed by atoms with Crippen LogP contribution in [-0.2, 0) is 38.1 Å². The number of carbonyl (C=O) groups excluding carboxylic acids is 4. The van der Waals surface area contributed by atoms with Gasteiger partial charge in [-0.15, -0.1) is 0 Å². The highest BCUT2D eigenvalue weighted by atomic mass is 32.2. The zero-order valence-corrected chi connectivity index (χ0v) is 19.5. The first-order chi connectivity index (χ1) is 14.9. The van der Waals surface area contributed by atoms with E-state index in [-0.39, 0.29) is 24.0 Å². The van der Waals surface area contributed by atoms with Crippen molar-refractivity contribution in [3.63, 3.8) is 0 Å². The number of aliphatic carboxylic acids is 1. The van der Waals surface area contributed by atoms with Gasteiger partial charge in [-0.1, -0.05) is 18.7 Å². The van der Waals surface area contributed by atoms with E-state index in [1.54, 1.807) is 0 Å². The Morgan fingerprint density at radius 2 is 1.69 bits per heavy atom. The summed E-state index contributed by atoms with van der Waals surface area (Å²) in [6, 6.07) is 0. The molecule has 0 aromatic rings. The summed E-state index contributed by atoms with van der Waals surface area (Å²) in [4.78, 5) is 56.0. The summed E-state index contributed by atoms with van der Waals surface area (Å²) in [5.41, 5.74) is 0. The molecule has 1 saturated heterocycles. The number of nitrogens with zero attached hydrogens (tertiary/aromatic N) is 1. The maximum Gasteiger partial charge on any atom is 0.412 e. The van der Waals surface area contributed by atoms with E-state index in [1.165, 1.54) is 18.7 Å². The molecule has 32 heavy (non-hydrogen) atoms. The quantitative estimate of drug-likeness (QED) is 0.308. The Morgan fingerprint density at radius 1 is 1.09 bits per heavy atom. The van der Waals surface area contributed by atoms with E-state index in [1.807, 2.05) is 6.92 Å². The van der Waals surface area contributed by atoms with Crippen LogP contribution in [0.4, 0.5) is 9.18 Å². The summed E-state index contributed by atoms with van der Waals surface area (Å²) in [6.07, 6.45) is -5.90. The largest absolute Gasteiger partial charge is 0.481 e. The monoisotopic (exact) mass is 483 g/mol. The highest BCUT2D eigenvalue weighted by Gasteiger charge is 2.44. The number of carbonyl (C=O) groups is 5. The van der Waals surface area contributed by atoms with Gasteiger partial charge in [0.1, 0.15) is 12.7 Å². The Balaban J connectivity index is 0.00000220. The van der Waals surface area contributed by atoms with Gasteiger partial charge in [-0.2, -0.15) is 0 Å². The SMILES string of the molecule is CC(=O)O.CCCN(CSC(C)=O)C(=O)O[C@@H]1O[C@H](COC(C)=O)C[C@H](OC(C)=O)[C@H]1F. The lowest BCUT2D eigenvalue weighted by molar-refractivity contribution is -0.242. The maximum atomic E-state index is 14.7. The summed E-state index contributed by atoms with van der Waals surface area (Å²) >= 11 is 0.916. The highest BCUT2D eigenvalue weighted by molar-refractivity contribution is 8.13. The zero-order valence-electron chi connectivity index (χ0n) is 18.7. The lowest BCUT2D eigenvalue weighted by Gasteiger charge is -2.37. The average molecular weight is 484 g/mol. The van der Waals surface area contributed by atoms with Gasteiger partial charge in [0, 0.05) is 40.7 Å². The molecule has 11 nitrogen and oxygen atoms in total. The maximum absolute atomic E-state index is 14.7. The van der Waals surface area contributed by atoms with E-state index < -0.39 is 48.7 Å². The van der Waals surface area contributed by atoms with Crippen molar-refractivity contribution in [3.8, 4) is 0 Å². The molecule has 1 aliphatic rings. The molecule has 1 aliphatic heterocycles. The van der Waals surface area contributed by atoms with Crippen LogP contribution in [0, 0.1) is 0 Å². The van der Waals surface area contributed by atoms with Crippen LogP contribution in [0.3, 0.4) is 0 Å². The van der Waals surface area contributed by atoms with Gasteiger partial charge in [-0.25, -0.2) is 9.18 Å². The van der Waals surface area contributed by atoms with E-state index in [0.717, 1.165) is 25.6 Å². The summed E-state index contributed by atoms with van der Waals surface area (Å²) in [7, 11) is 0. The minimum atomic E-state index is -1.91. The number of halogens is 1. The van der Waals surface area contributed by atoms with Crippen molar-refractivity contribution < 1.29 is 52.4 Å². The number of thioether (sulfide) groups is 1. The molecule has 1 rings (SSSR count). The van der Waals surface area contributed by atoms with Crippen LogP contribution in [0.5, 0.6) is 0 Å².